The highest BCUT2D eigenvalue weighted by molar-refractivity contribution is 6.04. The number of carboxylic acids is 1. The second-order valence-corrected chi connectivity index (χ2v) is 9.06. The Balaban J connectivity index is 1.46. The van der Waals surface area contributed by atoms with Crippen molar-refractivity contribution in [3.8, 4) is 0 Å². The van der Waals surface area contributed by atoms with Crippen LogP contribution in [0.25, 0.3) is 0 Å². The molecule has 12 nitrogen and oxygen atoms in total. The van der Waals surface area contributed by atoms with Crippen molar-refractivity contribution in [2.75, 3.05) is 5.32 Å². The summed E-state index contributed by atoms with van der Waals surface area (Å²) >= 11 is 0. The van der Waals surface area contributed by atoms with Crippen molar-refractivity contribution in [2.24, 2.45) is 0 Å². The Morgan fingerprint density at radius 2 is 0.932 bits per heavy atom. The van der Waals surface area contributed by atoms with E-state index in [-0.39, 0.29) is 22.6 Å². The van der Waals surface area contributed by atoms with Gasteiger partial charge in [-0.25, -0.2) is 14.4 Å². The first kappa shape index (κ1) is 30.7. The van der Waals surface area contributed by atoms with Gasteiger partial charge in [0.05, 0.1) is 11.1 Å². The normalized spacial score (nSPS) is 11.6. The van der Waals surface area contributed by atoms with E-state index < -0.39 is 41.9 Å². The Morgan fingerprint density at radius 3 is 1.41 bits per heavy atom. The zero-order chi connectivity index (χ0) is 31.5. The first-order valence-corrected chi connectivity index (χ1v) is 13.0. The van der Waals surface area contributed by atoms with Crippen LogP contribution in [0, 0.1) is 0 Å². The van der Waals surface area contributed by atoms with Crippen LogP contribution in [0.1, 0.15) is 41.4 Å². The largest absolute Gasteiger partial charge is 0.478 e. The lowest BCUT2D eigenvalue weighted by Crippen LogP contribution is -2.54. The van der Waals surface area contributed by atoms with Crippen LogP contribution in [0.4, 0.5) is 5.69 Å². The first-order chi connectivity index (χ1) is 21.2. The minimum absolute atomic E-state index is 0.00712. The molecule has 0 heterocycles. The van der Waals surface area contributed by atoms with Crippen molar-refractivity contribution in [1.29, 1.82) is 0 Å². The van der Waals surface area contributed by atoms with Gasteiger partial charge in [-0.15, -0.1) is 0 Å². The number of hydrogen-bond acceptors (Lipinski definition) is 8. The van der Waals surface area contributed by atoms with E-state index in [1.807, 2.05) is 5.43 Å². The van der Waals surface area contributed by atoms with Gasteiger partial charge in [0, 0.05) is 16.8 Å². The van der Waals surface area contributed by atoms with Gasteiger partial charge in [0.15, 0.2) is 0 Å². The van der Waals surface area contributed by atoms with E-state index in [9.17, 15) is 33.9 Å². The van der Waals surface area contributed by atoms with Gasteiger partial charge in [0.25, 0.3) is 17.7 Å². The van der Waals surface area contributed by atoms with Gasteiger partial charge < -0.3 is 19.9 Å². The summed E-state index contributed by atoms with van der Waals surface area (Å²) in [6.45, 7) is 0. The lowest BCUT2D eigenvalue weighted by atomic mass is 10.1. The quantitative estimate of drug-likeness (QED) is 0.158. The van der Waals surface area contributed by atoms with Crippen molar-refractivity contribution >= 4 is 41.3 Å². The second kappa shape index (κ2) is 14.5. The summed E-state index contributed by atoms with van der Waals surface area (Å²) < 4.78 is 10.2. The number of amides is 3. The molecule has 0 spiro atoms. The maximum Gasteiger partial charge on any atom is 0.349 e. The Morgan fingerprint density at radius 1 is 0.500 bits per heavy atom. The highest BCUT2D eigenvalue weighted by atomic mass is 16.6. The number of ether oxygens (including phenoxy) is 2. The Bertz CT molecular complexity index is 1650. The Hall–Kier alpha value is -6.30. The summed E-state index contributed by atoms with van der Waals surface area (Å²) in [5.41, 5.74) is 5.00. The molecule has 4 aromatic carbocycles. The number of rotatable bonds is 10. The number of aliphatic carboxylic acids is 1. The Labute approximate surface area is 250 Å². The average molecular weight is 596 g/mol. The number of nitrogens with one attached hydrogen (secondary N) is 3. The molecular weight excluding hydrogens is 570 g/mol. The highest BCUT2D eigenvalue weighted by Gasteiger charge is 2.41. The predicted molar refractivity (Wildman–Crippen MR) is 155 cm³/mol. The van der Waals surface area contributed by atoms with Gasteiger partial charge in [-0.1, -0.05) is 54.6 Å². The van der Waals surface area contributed by atoms with Crippen molar-refractivity contribution < 1.29 is 43.3 Å². The van der Waals surface area contributed by atoms with Crippen LogP contribution >= 0.6 is 0 Å². The van der Waals surface area contributed by atoms with E-state index in [0.717, 1.165) is 0 Å². The van der Waals surface area contributed by atoms with Crippen LogP contribution in [0.5, 0.6) is 0 Å². The molecule has 4 N–H and O–H groups in total. The molecule has 12 heteroatoms. The second-order valence-electron chi connectivity index (χ2n) is 9.06. The molecule has 222 valence electrons. The molecule has 2 atom stereocenters. The van der Waals surface area contributed by atoms with Crippen molar-refractivity contribution in [2.45, 2.75) is 12.2 Å². The lowest BCUT2D eigenvalue weighted by Gasteiger charge is -2.23. The van der Waals surface area contributed by atoms with Gasteiger partial charge in [-0.2, -0.15) is 0 Å². The van der Waals surface area contributed by atoms with E-state index in [0.29, 0.717) is 11.3 Å². The van der Waals surface area contributed by atoms with Crippen LogP contribution in [-0.4, -0.2) is 52.9 Å². The Kier molecular flexibility index (Phi) is 10.1. The summed E-state index contributed by atoms with van der Waals surface area (Å²) in [6, 6.07) is 29.0. The zero-order valence-corrected chi connectivity index (χ0v) is 22.8. The molecular formula is C32H25N3O9. The first-order valence-electron chi connectivity index (χ1n) is 13.0. The number of anilines is 1. The molecule has 0 aliphatic rings. The summed E-state index contributed by atoms with van der Waals surface area (Å²) in [6.07, 6.45) is -4.48. The fraction of sp³-hybridized carbons (Fsp3) is 0.0625. The number of carbonyl (C=O) groups is 6. The van der Waals surface area contributed by atoms with Crippen LogP contribution in [0.15, 0.2) is 115 Å². The molecule has 0 saturated carbocycles. The molecule has 0 bridgehead atoms. The van der Waals surface area contributed by atoms with Crippen molar-refractivity contribution in [1.82, 2.24) is 10.9 Å². The van der Waals surface area contributed by atoms with E-state index in [1.165, 1.54) is 72.8 Å². The summed E-state index contributed by atoms with van der Waals surface area (Å²) in [4.78, 5) is 75.7. The van der Waals surface area contributed by atoms with Gasteiger partial charge in [0.1, 0.15) is 0 Å². The van der Waals surface area contributed by atoms with E-state index in [1.54, 1.807) is 42.5 Å². The summed E-state index contributed by atoms with van der Waals surface area (Å²) in [5, 5.41) is 12.5. The molecule has 3 amide bonds. The average Bonchev–Trinajstić information content (AvgIpc) is 3.06. The molecule has 4 aromatic rings. The zero-order valence-electron chi connectivity index (χ0n) is 22.8. The number of benzene rings is 4. The maximum atomic E-state index is 13.1. The van der Waals surface area contributed by atoms with Gasteiger partial charge in [-0.3, -0.25) is 25.2 Å². The maximum absolute atomic E-state index is 13.1. The third kappa shape index (κ3) is 8.13. The minimum Gasteiger partial charge on any atom is -0.478 e. The van der Waals surface area contributed by atoms with E-state index in [4.69, 9.17) is 9.47 Å². The van der Waals surface area contributed by atoms with Crippen molar-refractivity contribution in [3.05, 3.63) is 138 Å². The van der Waals surface area contributed by atoms with Crippen molar-refractivity contribution in [3.63, 3.8) is 0 Å². The molecule has 0 aliphatic heterocycles. The topological polar surface area (TPSA) is 177 Å². The van der Waals surface area contributed by atoms with Crippen LogP contribution in [0.2, 0.25) is 0 Å². The molecule has 4 rings (SSSR count). The molecule has 0 fully saturated rings. The summed E-state index contributed by atoms with van der Waals surface area (Å²) in [5.74, 6) is -6.41. The smallest absolute Gasteiger partial charge is 0.349 e. The summed E-state index contributed by atoms with van der Waals surface area (Å²) in [7, 11) is 0. The fourth-order valence-corrected chi connectivity index (χ4v) is 3.77. The van der Waals surface area contributed by atoms with Gasteiger partial charge >= 0.3 is 17.9 Å². The molecule has 0 radical (unpaired) electrons. The van der Waals surface area contributed by atoms with Gasteiger partial charge in [0.2, 0.25) is 12.2 Å². The predicted octanol–water partition coefficient (Wildman–Crippen LogP) is 3.24. The van der Waals surface area contributed by atoms with Gasteiger partial charge in [-0.05, 0) is 60.7 Å². The number of hydrazine groups is 1. The highest BCUT2D eigenvalue weighted by Crippen LogP contribution is 2.14. The standard InChI is InChI=1S/C32H25N3O9/c36-27(20-10-4-1-5-11-20)33-24-18-16-21(17-19-24)28(37)34-35-29(38)25(43-31(41)22-12-6-2-7-13-22)26(30(39)40)44-32(42)23-14-8-3-9-15-23/h1-19,25-26H,(H,33,36)(H,34,37)(H,35,38)(H,39,40)/t25-,26-/m0/s1. The molecule has 0 aliphatic carbocycles. The minimum atomic E-state index is -2.28. The van der Waals surface area contributed by atoms with E-state index in [2.05, 4.69) is 10.7 Å². The number of esters is 2. The number of carbonyl (C=O) groups excluding carboxylic acids is 5. The van der Waals surface area contributed by atoms with E-state index >= 15 is 0 Å². The molecule has 0 saturated heterocycles. The SMILES string of the molecule is O=C(NNC(=O)[C@@H](OC(=O)c1ccccc1)[C@H](OC(=O)c1ccccc1)C(=O)O)c1ccc(NC(=O)c2ccccc2)cc1. The molecule has 0 unspecified atom stereocenters. The fourth-order valence-electron chi connectivity index (χ4n) is 3.77. The monoisotopic (exact) mass is 595 g/mol. The van der Waals surface area contributed by atoms with Crippen LogP contribution in [0.3, 0.4) is 0 Å². The number of carboxylic acid groups (broad SMARTS) is 1. The van der Waals surface area contributed by atoms with Crippen LogP contribution < -0.4 is 16.2 Å². The third-order valence-electron chi connectivity index (χ3n) is 6.00. The third-order valence-corrected chi connectivity index (χ3v) is 6.00. The lowest BCUT2D eigenvalue weighted by molar-refractivity contribution is -0.159. The van der Waals surface area contributed by atoms with Crippen LogP contribution in [-0.2, 0) is 19.1 Å². The molecule has 0 aromatic heterocycles. The molecule has 44 heavy (non-hydrogen) atoms. The number of hydrogen-bond donors (Lipinski definition) is 4.